The zero-order valence-electron chi connectivity index (χ0n) is 28.7. The Kier molecular flexibility index (Phi) is 12.5. The van der Waals surface area contributed by atoms with E-state index >= 15 is 4.39 Å². The van der Waals surface area contributed by atoms with E-state index in [4.69, 9.17) is 14.2 Å². The van der Waals surface area contributed by atoms with E-state index in [1.165, 1.54) is 12.1 Å². The van der Waals surface area contributed by atoms with Crippen LogP contribution in [-0.4, -0.2) is 71.9 Å². The average Bonchev–Trinajstić information content (AvgIpc) is 3.19. The second-order valence-electron chi connectivity index (χ2n) is 12.2. The second-order valence-corrected chi connectivity index (χ2v) is 12.2. The van der Waals surface area contributed by atoms with E-state index in [-0.39, 0.29) is 5.56 Å². The Hall–Kier alpha value is -5.27. The van der Waals surface area contributed by atoms with Crippen molar-refractivity contribution in [3.8, 4) is 28.4 Å². The molecule has 0 amide bonds. The maximum absolute atomic E-state index is 15.1. The van der Waals surface area contributed by atoms with Gasteiger partial charge in [-0.3, -0.25) is 0 Å². The predicted octanol–water partition coefficient (Wildman–Crippen LogP) is 9.54. The third kappa shape index (κ3) is 8.29. The first-order chi connectivity index (χ1) is 25.9. The number of rotatable bonds is 15. The van der Waals surface area contributed by atoms with Gasteiger partial charge in [0, 0.05) is 5.57 Å². The fraction of sp³-hybridized carbons (Fsp3) is 0.361. The van der Waals surface area contributed by atoms with Gasteiger partial charge in [-0.25, -0.2) is 18.8 Å². The van der Waals surface area contributed by atoms with E-state index in [0.29, 0.717) is 60.8 Å². The molecule has 0 bridgehead atoms. The van der Waals surface area contributed by atoms with Crippen molar-refractivity contribution in [2.75, 3.05) is 13.2 Å². The molecule has 1 fully saturated rings. The number of halogens is 12. The zero-order chi connectivity index (χ0) is 41.9. The Morgan fingerprint density at radius 3 is 1.52 bits per heavy atom. The quantitative estimate of drug-likeness (QED) is 0.0375. The molecule has 56 heavy (non-hydrogen) atoms. The number of carbonyl (C=O) groups is 3. The molecule has 0 aliphatic carbocycles. The number of esters is 3. The topological polar surface area (TPSA) is 91.4 Å². The lowest BCUT2D eigenvalue weighted by molar-refractivity contribution is -0.382. The third-order valence-corrected chi connectivity index (χ3v) is 8.11. The van der Waals surface area contributed by atoms with Crippen LogP contribution in [0.5, 0.6) is 17.2 Å². The van der Waals surface area contributed by atoms with Crippen molar-refractivity contribution < 1.29 is 86.0 Å². The summed E-state index contributed by atoms with van der Waals surface area (Å²) >= 11 is 0. The molecule has 3 aromatic rings. The van der Waals surface area contributed by atoms with E-state index in [2.05, 4.69) is 11.3 Å². The highest BCUT2D eigenvalue weighted by molar-refractivity contribution is 5.91. The fourth-order valence-electron chi connectivity index (χ4n) is 5.05. The van der Waals surface area contributed by atoms with Gasteiger partial charge in [0.05, 0.1) is 18.8 Å². The molecule has 1 aliphatic heterocycles. The molecular weight excluding hydrogens is 786 g/mol. The van der Waals surface area contributed by atoms with Crippen molar-refractivity contribution in [3.63, 3.8) is 0 Å². The van der Waals surface area contributed by atoms with Crippen molar-refractivity contribution in [1.82, 2.24) is 4.90 Å². The minimum absolute atomic E-state index is 0.0216. The summed E-state index contributed by atoms with van der Waals surface area (Å²) in [7, 11) is 0. The second kappa shape index (κ2) is 16.1. The van der Waals surface area contributed by atoms with Crippen LogP contribution in [0.1, 0.15) is 43.0 Å². The van der Waals surface area contributed by atoms with Crippen molar-refractivity contribution in [1.29, 1.82) is 0 Å². The van der Waals surface area contributed by atoms with Gasteiger partial charge >= 0.3 is 53.8 Å². The van der Waals surface area contributed by atoms with Gasteiger partial charge in [-0.05, 0) is 92.3 Å². The third-order valence-electron chi connectivity index (χ3n) is 8.11. The maximum atomic E-state index is 15.1. The van der Waals surface area contributed by atoms with Crippen LogP contribution < -0.4 is 14.2 Å². The van der Waals surface area contributed by atoms with Gasteiger partial charge in [-0.1, -0.05) is 30.8 Å². The molecule has 8 nitrogen and oxygen atoms in total. The minimum Gasteiger partial charge on any atom is -0.494 e. The molecule has 1 aliphatic rings. The van der Waals surface area contributed by atoms with E-state index in [0.717, 1.165) is 24.8 Å². The summed E-state index contributed by atoms with van der Waals surface area (Å²) in [6.45, 7) is 5.85. The average molecular weight is 816 g/mol. The van der Waals surface area contributed by atoms with Crippen LogP contribution in [0.3, 0.4) is 0 Å². The van der Waals surface area contributed by atoms with Crippen LogP contribution >= 0.6 is 0 Å². The van der Waals surface area contributed by atoms with Crippen molar-refractivity contribution in [2.45, 2.75) is 68.5 Å². The summed E-state index contributed by atoms with van der Waals surface area (Å²) in [6, 6.07) is 0.657. The zero-order valence-corrected chi connectivity index (χ0v) is 28.7. The summed E-state index contributed by atoms with van der Waals surface area (Å²) in [5.74, 6) is -27.7. The highest BCUT2D eigenvalue weighted by atomic mass is 19.4. The van der Waals surface area contributed by atoms with E-state index in [1.807, 2.05) is 0 Å². The number of carbonyl (C=O) groups excluding carboxylic acids is 3. The van der Waals surface area contributed by atoms with Crippen LogP contribution in [0.2, 0.25) is 0 Å². The maximum Gasteiger partial charge on any atom is 0.448 e. The van der Waals surface area contributed by atoms with Gasteiger partial charge < -0.3 is 18.9 Å². The SMILES string of the molecule is C=C(C)C(=O)OCCCCCCOc1ccc(-c2ccc(C(=O)Oc3ccc(OC(=O)C(F)(N4C(F)(F)C(F)(F)C(F)(F)C4(F)F)C(F)(F)F)cc3)cc2)cc1. The summed E-state index contributed by atoms with van der Waals surface area (Å²) in [5.41, 5.74) is 1.73. The summed E-state index contributed by atoms with van der Waals surface area (Å²) < 4.78 is 186. The smallest absolute Gasteiger partial charge is 0.448 e. The summed E-state index contributed by atoms with van der Waals surface area (Å²) in [6.07, 6.45) is -4.06. The molecule has 0 saturated carbocycles. The molecule has 4 rings (SSSR count). The molecule has 1 saturated heterocycles. The number of benzene rings is 3. The molecule has 304 valence electrons. The Bertz CT molecular complexity index is 1880. The van der Waals surface area contributed by atoms with E-state index in [1.54, 1.807) is 43.3 Å². The lowest BCUT2D eigenvalue weighted by Gasteiger charge is -2.38. The van der Waals surface area contributed by atoms with Gasteiger partial charge in [-0.2, -0.15) is 48.3 Å². The van der Waals surface area contributed by atoms with Crippen LogP contribution in [0, 0.1) is 0 Å². The molecule has 0 N–H and O–H groups in total. The molecule has 0 spiro atoms. The number of hydrogen-bond donors (Lipinski definition) is 0. The van der Waals surface area contributed by atoms with Crippen LogP contribution in [0.4, 0.5) is 52.7 Å². The number of alkyl halides is 12. The van der Waals surface area contributed by atoms with Crippen LogP contribution in [0.25, 0.3) is 11.1 Å². The molecule has 20 heteroatoms. The van der Waals surface area contributed by atoms with E-state index < -0.39 is 70.2 Å². The van der Waals surface area contributed by atoms with Crippen LogP contribution in [0.15, 0.2) is 84.9 Å². The molecule has 1 atom stereocenters. The van der Waals surface area contributed by atoms with Crippen molar-refractivity contribution >= 4 is 17.9 Å². The van der Waals surface area contributed by atoms with Crippen molar-refractivity contribution in [3.05, 3.63) is 90.5 Å². The molecule has 0 radical (unpaired) electrons. The first-order valence-electron chi connectivity index (χ1n) is 16.2. The lowest BCUT2D eigenvalue weighted by Crippen LogP contribution is -2.70. The van der Waals surface area contributed by atoms with Gasteiger partial charge in [0.15, 0.2) is 0 Å². The number of hydrogen-bond acceptors (Lipinski definition) is 8. The number of unbranched alkanes of at least 4 members (excludes halogenated alkanes) is 3. The van der Waals surface area contributed by atoms with Gasteiger partial charge in [0.25, 0.3) is 0 Å². The van der Waals surface area contributed by atoms with Gasteiger partial charge in [0.2, 0.25) is 0 Å². The largest absolute Gasteiger partial charge is 0.494 e. The Balaban J connectivity index is 1.32. The highest BCUT2D eigenvalue weighted by Gasteiger charge is 2.98. The standard InChI is InChI=1S/C36H29F12NO7/c1-21(2)28(50)54-20-6-4-3-5-19-53-25-13-11-23(12-14-25)22-7-9-24(10-8-22)29(51)55-26-15-17-27(18-16-26)56-30(52)31(37,34(42,43)44)49-35(45,46)32(38,39)33(40,41)36(49,47)48/h7-18H,1,3-6,19-20H2,2H3. The molecule has 1 unspecified atom stereocenters. The molecule has 1 heterocycles. The summed E-state index contributed by atoms with van der Waals surface area (Å²) in [5, 5.41) is 0. The van der Waals surface area contributed by atoms with Gasteiger partial charge in [-0.15, -0.1) is 4.90 Å². The lowest BCUT2D eigenvalue weighted by atomic mass is 10.0. The monoisotopic (exact) mass is 815 g/mol. The first-order valence-corrected chi connectivity index (χ1v) is 16.2. The number of likely N-dealkylation sites (tertiary alicyclic amines) is 1. The summed E-state index contributed by atoms with van der Waals surface area (Å²) in [4.78, 5) is 32.6. The van der Waals surface area contributed by atoms with Crippen LogP contribution in [-0.2, 0) is 14.3 Å². The molecular formula is C36H29F12NO7. The Morgan fingerprint density at radius 1 is 0.625 bits per heavy atom. The fourth-order valence-corrected chi connectivity index (χ4v) is 5.05. The normalized spacial score (nSPS) is 18.0. The first kappa shape index (κ1) is 43.5. The minimum atomic E-state index is -7.28. The van der Waals surface area contributed by atoms with E-state index in [9.17, 15) is 62.7 Å². The Labute approximate surface area is 309 Å². The predicted molar refractivity (Wildman–Crippen MR) is 170 cm³/mol. The molecule has 0 aromatic heterocycles. The van der Waals surface area contributed by atoms with Gasteiger partial charge in [0.1, 0.15) is 17.2 Å². The number of nitrogens with zero attached hydrogens (tertiary/aromatic N) is 1. The number of ether oxygens (including phenoxy) is 4. The highest BCUT2D eigenvalue weighted by Crippen LogP contribution is 2.66. The Morgan fingerprint density at radius 2 is 1.05 bits per heavy atom. The molecule has 3 aromatic carbocycles. The van der Waals surface area contributed by atoms with Crippen molar-refractivity contribution in [2.24, 2.45) is 0 Å².